The van der Waals surface area contributed by atoms with Crippen LogP contribution in [0.15, 0.2) is 76.6 Å². The van der Waals surface area contributed by atoms with Crippen LogP contribution in [0.4, 0.5) is 0 Å². The molecule has 0 saturated carbocycles. The Morgan fingerprint density at radius 2 is 1.93 bits per heavy atom. The molecule has 1 saturated heterocycles. The summed E-state index contributed by atoms with van der Waals surface area (Å²) in [6, 6.07) is 16.7. The summed E-state index contributed by atoms with van der Waals surface area (Å²) in [6.45, 7) is 8.44. The van der Waals surface area contributed by atoms with Crippen LogP contribution in [0, 0.1) is 6.92 Å². The van der Waals surface area contributed by atoms with Crippen molar-refractivity contribution in [3.8, 4) is 11.5 Å². The zero-order valence-corrected chi connectivity index (χ0v) is 25.8. The summed E-state index contributed by atoms with van der Waals surface area (Å²) in [5, 5.41) is 1.35. The van der Waals surface area contributed by atoms with E-state index < -0.39 is 11.8 Å². The number of nitrogens with one attached hydrogen (secondary N) is 1. The number of hydrazine groups is 1. The van der Waals surface area contributed by atoms with Crippen LogP contribution >= 0.6 is 51.5 Å². The highest BCUT2D eigenvalue weighted by Crippen LogP contribution is 2.37. The lowest BCUT2D eigenvalue weighted by atomic mass is 10.0. The SMILES string of the molecule is C=CCc1cc(/C=C2\SC(=S)N(NC(=O)c3ccc(C)cc3Cl)C2=O)cc(OCC)c1OCc1ccc(Br)cc1. The van der Waals surface area contributed by atoms with E-state index in [0.717, 1.165) is 43.5 Å². The molecule has 206 valence electrons. The lowest BCUT2D eigenvalue weighted by Gasteiger charge is -2.17. The Bertz CT molecular complexity index is 1510. The lowest BCUT2D eigenvalue weighted by Crippen LogP contribution is -2.44. The number of thiocarbonyl (C=S) groups is 1. The maximum atomic E-state index is 13.2. The molecule has 0 bridgehead atoms. The Morgan fingerprint density at radius 3 is 2.60 bits per heavy atom. The quantitative estimate of drug-likeness (QED) is 0.137. The molecule has 1 aliphatic heterocycles. The molecule has 4 rings (SSSR count). The summed E-state index contributed by atoms with van der Waals surface area (Å²) >= 11 is 16.2. The molecular formula is C30H26BrClN2O4S2. The van der Waals surface area contributed by atoms with Crippen LogP contribution in [0.25, 0.3) is 6.08 Å². The number of nitrogens with zero attached hydrogens (tertiary/aromatic N) is 1. The molecule has 3 aromatic rings. The summed E-state index contributed by atoms with van der Waals surface area (Å²) in [5.74, 6) is 0.215. The smallest absolute Gasteiger partial charge is 0.285 e. The molecule has 1 aliphatic rings. The first-order chi connectivity index (χ1) is 19.2. The Kier molecular flexibility index (Phi) is 10.1. The maximum Gasteiger partial charge on any atom is 0.285 e. The molecule has 2 amide bonds. The van der Waals surface area contributed by atoms with Gasteiger partial charge in [0, 0.05) is 10.0 Å². The van der Waals surface area contributed by atoms with Crippen LogP contribution < -0.4 is 14.9 Å². The number of carbonyl (C=O) groups excluding carboxylic acids is 2. The monoisotopic (exact) mass is 656 g/mol. The van der Waals surface area contributed by atoms with Crippen molar-refractivity contribution in [3.05, 3.63) is 109 Å². The average molecular weight is 658 g/mol. The fourth-order valence-corrected chi connectivity index (χ4v) is 5.68. The molecule has 0 atom stereocenters. The number of thioether (sulfide) groups is 1. The van der Waals surface area contributed by atoms with Gasteiger partial charge in [-0.3, -0.25) is 15.0 Å². The zero-order chi connectivity index (χ0) is 28.8. The minimum absolute atomic E-state index is 0.207. The van der Waals surface area contributed by atoms with E-state index in [1.165, 1.54) is 0 Å². The van der Waals surface area contributed by atoms with Crippen molar-refractivity contribution in [2.75, 3.05) is 6.61 Å². The number of ether oxygens (including phenoxy) is 2. The van der Waals surface area contributed by atoms with Crippen LogP contribution in [-0.4, -0.2) is 27.8 Å². The lowest BCUT2D eigenvalue weighted by molar-refractivity contribution is -0.123. The molecule has 6 nitrogen and oxygen atoms in total. The van der Waals surface area contributed by atoms with Gasteiger partial charge in [0.1, 0.15) is 6.61 Å². The fraction of sp³-hybridized carbons (Fsp3) is 0.167. The number of halogens is 2. The van der Waals surface area contributed by atoms with Crippen molar-refractivity contribution in [3.63, 3.8) is 0 Å². The predicted octanol–water partition coefficient (Wildman–Crippen LogP) is 7.66. The molecule has 0 unspecified atom stereocenters. The summed E-state index contributed by atoms with van der Waals surface area (Å²) in [4.78, 5) is 26.4. The standard InChI is InChI=1S/C30H26BrClN2O4S2/c1-4-6-21-14-20(15-25(37-5-2)27(21)38-17-19-8-10-22(31)11-9-19)16-26-29(36)34(30(39)40-26)33-28(35)23-12-7-18(3)13-24(23)32/h4,7-16H,1,5-6,17H2,2-3H3,(H,33,35)/b26-16-. The van der Waals surface area contributed by atoms with Gasteiger partial charge >= 0.3 is 0 Å². The highest BCUT2D eigenvalue weighted by atomic mass is 79.9. The van der Waals surface area contributed by atoms with E-state index in [2.05, 4.69) is 27.9 Å². The fourth-order valence-electron chi connectivity index (χ4n) is 3.92. The second kappa shape index (κ2) is 13.5. The molecular weight excluding hydrogens is 632 g/mol. The van der Waals surface area contributed by atoms with Crippen LogP contribution in [0.3, 0.4) is 0 Å². The predicted molar refractivity (Wildman–Crippen MR) is 169 cm³/mol. The van der Waals surface area contributed by atoms with Crippen LogP contribution in [0.2, 0.25) is 5.02 Å². The topological polar surface area (TPSA) is 67.9 Å². The molecule has 10 heteroatoms. The first-order valence-corrected chi connectivity index (χ1v) is 14.7. The Hall–Kier alpha value is -3.11. The van der Waals surface area contributed by atoms with E-state index in [1.54, 1.807) is 30.4 Å². The molecule has 0 spiro atoms. The van der Waals surface area contributed by atoms with E-state index in [9.17, 15) is 9.59 Å². The second-order valence-electron chi connectivity index (χ2n) is 8.79. The van der Waals surface area contributed by atoms with Crippen LogP contribution in [0.5, 0.6) is 11.5 Å². The van der Waals surface area contributed by atoms with E-state index >= 15 is 0 Å². The average Bonchev–Trinajstić information content (AvgIpc) is 3.16. The van der Waals surface area contributed by atoms with Crippen molar-refractivity contribution < 1.29 is 19.1 Å². The van der Waals surface area contributed by atoms with Gasteiger partial charge in [0.2, 0.25) is 0 Å². The third-order valence-electron chi connectivity index (χ3n) is 5.79. The van der Waals surface area contributed by atoms with Crippen LogP contribution in [-0.2, 0) is 17.8 Å². The van der Waals surface area contributed by atoms with Gasteiger partial charge in [-0.15, -0.1) is 6.58 Å². The molecule has 1 N–H and O–H groups in total. The molecule has 0 aromatic heterocycles. The normalized spacial score (nSPS) is 14.0. The second-order valence-corrected chi connectivity index (χ2v) is 11.8. The zero-order valence-electron chi connectivity index (χ0n) is 21.8. The van der Waals surface area contributed by atoms with Crippen LogP contribution in [0.1, 0.15) is 39.5 Å². The van der Waals surface area contributed by atoms with Gasteiger partial charge in [0.25, 0.3) is 11.8 Å². The van der Waals surface area contributed by atoms with Gasteiger partial charge in [0.15, 0.2) is 15.8 Å². The molecule has 3 aromatic carbocycles. The van der Waals surface area contributed by atoms with E-state index in [0.29, 0.717) is 41.1 Å². The van der Waals surface area contributed by atoms with Crippen molar-refractivity contribution in [2.24, 2.45) is 0 Å². The first kappa shape index (κ1) is 29.9. The molecule has 0 radical (unpaired) electrons. The van der Waals surface area contributed by atoms with Gasteiger partial charge in [-0.05, 0) is 91.7 Å². The highest BCUT2D eigenvalue weighted by molar-refractivity contribution is 9.10. The summed E-state index contributed by atoms with van der Waals surface area (Å²) in [7, 11) is 0. The number of aryl methyl sites for hydroxylation is 1. The van der Waals surface area contributed by atoms with Crippen molar-refractivity contribution in [2.45, 2.75) is 26.9 Å². The number of carbonyl (C=O) groups is 2. The van der Waals surface area contributed by atoms with E-state index in [-0.39, 0.29) is 9.88 Å². The molecule has 0 aliphatic carbocycles. The molecule has 1 fully saturated rings. The number of amides is 2. The van der Waals surface area contributed by atoms with Gasteiger partial charge < -0.3 is 9.47 Å². The third-order valence-corrected chi connectivity index (χ3v) is 7.93. The number of hydrogen-bond acceptors (Lipinski definition) is 6. The largest absolute Gasteiger partial charge is 0.490 e. The maximum absolute atomic E-state index is 13.2. The molecule has 1 heterocycles. The van der Waals surface area contributed by atoms with Gasteiger partial charge in [-0.25, -0.2) is 0 Å². The molecule has 40 heavy (non-hydrogen) atoms. The van der Waals surface area contributed by atoms with Crippen molar-refractivity contribution >= 4 is 73.7 Å². The third kappa shape index (κ3) is 7.14. The van der Waals surface area contributed by atoms with E-state index in [4.69, 9.17) is 33.3 Å². The highest BCUT2D eigenvalue weighted by Gasteiger charge is 2.34. The number of rotatable bonds is 10. The Morgan fingerprint density at radius 1 is 1.18 bits per heavy atom. The summed E-state index contributed by atoms with van der Waals surface area (Å²) < 4.78 is 13.3. The van der Waals surface area contributed by atoms with Crippen molar-refractivity contribution in [1.29, 1.82) is 0 Å². The van der Waals surface area contributed by atoms with E-state index in [1.807, 2.05) is 50.2 Å². The van der Waals surface area contributed by atoms with Gasteiger partial charge in [-0.1, -0.05) is 63.6 Å². The van der Waals surface area contributed by atoms with Crippen molar-refractivity contribution in [1.82, 2.24) is 10.4 Å². The first-order valence-electron chi connectivity index (χ1n) is 12.3. The number of benzene rings is 3. The number of allylic oxidation sites excluding steroid dienone is 1. The Labute approximate surface area is 256 Å². The minimum atomic E-state index is -0.526. The van der Waals surface area contributed by atoms with Gasteiger partial charge in [-0.2, -0.15) is 5.01 Å². The number of hydrogen-bond donors (Lipinski definition) is 1. The Balaban J connectivity index is 1.59. The minimum Gasteiger partial charge on any atom is -0.490 e. The van der Waals surface area contributed by atoms with Gasteiger partial charge in [0.05, 0.1) is 22.1 Å². The summed E-state index contributed by atoms with van der Waals surface area (Å²) in [5.41, 5.74) is 6.34. The summed E-state index contributed by atoms with van der Waals surface area (Å²) in [6.07, 6.45) is 4.04.